The summed E-state index contributed by atoms with van der Waals surface area (Å²) in [5, 5.41) is 6.10. The maximum atomic E-state index is 12.9. The zero-order valence-corrected chi connectivity index (χ0v) is 17.2. The van der Waals surface area contributed by atoms with Crippen molar-refractivity contribution in [2.45, 2.75) is 43.9 Å². The Morgan fingerprint density at radius 3 is 2.55 bits per heavy atom. The van der Waals surface area contributed by atoms with Gasteiger partial charge in [-0.1, -0.05) is 12.1 Å². The minimum Gasteiger partial charge on any atom is -0.369 e. The second-order valence-electron chi connectivity index (χ2n) is 8.16. The third kappa shape index (κ3) is 4.30. The Balaban J connectivity index is 1.38. The summed E-state index contributed by atoms with van der Waals surface area (Å²) < 4.78 is 38.2. The van der Waals surface area contributed by atoms with E-state index in [2.05, 4.69) is 25.5 Å². The van der Waals surface area contributed by atoms with Gasteiger partial charge in [-0.15, -0.1) is 0 Å². The quantitative estimate of drug-likeness (QED) is 0.685. The molecule has 1 aromatic heterocycles. The Bertz CT molecular complexity index is 955. The second kappa shape index (κ2) is 7.99. The molecule has 2 aliphatic heterocycles. The van der Waals surface area contributed by atoms with E-state index in [1.807, 2.05) is 0 Å². The van der Waals surface area contributed by atoms with Crippen LogP contribution in [0.4, 0.5) is 24.8 Å². The van der Waals surface area contributed by atoms with Crippen LogP contribution in [0.15, 0.2) is 30.6 Å². The van der Waals surface area contributed by atoms with Gasteiger partial charge in [0, 0.05) is 25.2 Å². The Kier molecular flexibility index (Phi) is 5.50. The first-order chi connectivity index (χ1) is 14.7. The molecule has 0 aliphatic carbocycles. The molecule has 1 amide bonds. The van der Waals surface area contributed by atoms with Gasteiger partial charge in [0.2, 0.25) is 5.91 Å². The number of nitrogens with zero attached hydrogens (tertiary/aromatic N) is 3. The number of fused-ring (bicyclic) bond motifs is 1. The number of carbonyl (C=O) groups is 1. The van der Waals surface area contributed by atoms with Gasteiger partial charge in [-0.3, -0.25) is 4.79 Å². The van der Waals surface area contributed by atoms with Gasteiger partial charge in [-0.25, -0.2) is 9.97 Å². The standard InChI is InChI=1S/C21H25F3N6O/c1-13(14-2-4-15(5-3-14)21(22,23)24)29-19(31)20(25)7-10-30(11-8-20)18-16-6-9-26-17(16)27-12-28-18/h2-5,12-13H,6-11,25H2,1H3,(H,29,31)(H,26,27,28)/t13-/m0/s1. The minimum absolute atomic E-state index is 0.297. The number of hydrogen-bond donors (Lipinski definition) is 3. The summed E-state index contributed by atoms with van der Waals surface area (Å²) >= 11 is 0. The van der Waals surface area contributed by atoms with Crippen LogP contribution < -0.4 is 21.3 Å². The monoisotopic (exact) mass is 434 g/mol. The summed E-state index contributed by atoms with van der Waals surface area (Å²) in [4.78, 5) is 23.7. The molecule has 4 N–H and O–H groups in total. The van der Waals surface area contributed by atoms with Gasteiger partial charge in [-0.2, -0.15) is 13.2 Å². The van der Waals surface area contributed by atoms with Gasteiger partial charge < -0.3 is 21.3 Å². The Morgan fingerprint density at radius 1 is 1.23 bits per heavy atom. The average molecular weight is 434 g/mol. The fourth-order valence-electron chi connectivity index (χ4n) is 4.09. The molecule has 4 rings (SSSR count). The Hall–Kier alpha value is -2.88. The van der Waals surface area contributed by atoms with Crippen molar-refractivity contribution >= 4 is 17.5 Å². The average Bonchev–Trinajstić information content (AvgIpc) is 3.23. The van der Waals surface area contributed by atoms with E-state index in [1.54, 1.807) is 6.92 Å². The van der Waals surface area contributed by atoms with Crippen LogP contribution in [0.2, 0.25) is 0 Å². The van der Waals surface area contributed by atoms with Crippen molar-refractivity contribution in [1.82, 2.24) is 15.3 Å². The van der Waals surface area contributed by atoms with E-state index in [0.717, 1.165) is 42.3 Å². The molecular formula is C21H25F3N6O. The molecular weight excluding hydrogens is 409 g/mol. The molecule has 10 heteroatoms. The number of hydrogen-bond acceptors (Lipinski definition) is 6. The topological polar surface area (TPSA) is 96.2 Å². The van der Waals surface area contributed by atoms with Crippen molar-refractivity contribution in [3.63, 3.8) is 0 Å². The van der Waals surface area contributed by atoms with Crippen LogP contribution in [0.5, 0.6) is 0 Å². The van der Waals surface area contributed by atoms with Crippen molar-refractivity contribution in [3.05, 3.63) is 47.3 Å². The molecule has 31 heavy (non-hydrogen) atoms. The third-order valence-corrected chi connectivity index (χ3v) is 6.08. The first-order valence-electron chi connectivity index (χ1n) is 10.3. The number of alkyl halides is 3. The van der Waals surface area contributed by atoms with Crippen molar-refractivity contribution < 1.29 is 18.0 Å². The van der Waals surface area contributed by atoms with Gasteiger partial charge in [0.15, 0.2) is 0 Å². The lowest BCUT2D eigenvalue weighted by atomic mass is 9.87. The zero-order valence-electron chi connectivity index (χ0n) is 17.2. The molecule has 1 aromatic carbocycles. The summed E-state index contributed by atoms with van der Waals surface area (Å²) in [6.07, 6.45) is -1.09. The Morgan fingerprint density at radius 2 is 1.90 bits per heavy atom. The Labute approximate surface area is 178 Å². The van der Waals surface area contributed by atoms with Crippen LogP contribution in [0.1, 0.15) is 42.5 Å². The molecule has 1 atom stereocenters. The van der Waals surface area contributed by atoms with Crippen molar-refractivity contribution in [2.75, 3.05) is 29.9 Å². The lowest BCUT2D eigenvalue weighted by molar-refractivity contribution is -0.137. The summed E-state index contributed by atoms with van der Waals surface area (Å²) in [5.74, 6) is 1.45. The van der Waals surface area contributed by atoms with Crippen LogP contribution in [0.3, 0.4) is 0 Å². The van der Waals surface area contributed by atoms with Crippen LogP contribution in [-0.4, -0.2) is 41.0 Å². The number of nitrogens with two attached hydrogens (primary N) is 1. The normalized spacial score (nSPS) is 18.8. The first-order valence-corrected chi connectivity index (χ1v) is 10.3. The number of carbonyl (C=O) groups excluding carboxylic acids is 1. The highest BCUT2D eigenvalue weighted by atomic mass is 19.4. The lowest BCUT2D eigenvalue weighted by Crippen LogP contribution is -2.60. The molecule has 2 aliphatic rings. The van der Waals surface area contributed by atoms with Crippen LogP contribution in [0, 0.1) is 0 Å². The predicted octanol–water partition coefficient (Wildman–Crippen LogP) is 2.64. The molecule has 0 bridgehead atoms. The van der Waals surface area contributed by atoms with Gasteiger partial charge in [0.25, 0.3) is 0 Å². The van der Waals surface area contributed by atoms with E-state index in [4.69, 9.17) is 5.73 Å². The summed E-state index contributed by atoms with van der Waals surface area (Å²) in [6.45, 7) is 3.74. The van der Waals surface area contributed by atoms with Crippen LogP contribution >= 0.6 is 0 Å². The van der Waals surface area contributed by atoms with Crippen LogP contribution in [-0.2, 0) is 17.4 Å². The number of nitrogens with one attached hydrogen (secondary N) is 2. The van der Waals surface area contributed by atoms with E-state index in [0.29, 0.717) is 31.5 Å². The van der Waals surface area contributed by atoms with E-state index in [-0.39, 0.29) is 5.91 Å². The molecule has 7 nitrogen and oxygen atoms in total. The fraction of sp³-hybridized carbons (Fsp3) is 0.476. The number of amides is 1. The van der Waals surface area contributed by atoms with E-state index in [1.165, 1.54) is 18.5 Å². The molecule has 1 fully saturated rings. The van der Waals surface area contributed by atoms with Gasteiger partial charge in [0.1, 0.15) is 18.0 Å². The fourth-order valence-corrected chi connectivity index (χ4v) is 4.09. The molecule has 0 radical (unpaired) electrons. The van der Waals surface area contributed by atoms with Crippen LogP contribution in [0.25, 0.3) is 0 Å². The summed E-state index contributed by atoms with van der Waals surface area (Å²) in [7, 11) is 0. The maximum absolute atomic E-state index is 12.9. The van der Waals surface area contributed by atoms with Gasteiger partial charge in [-0.05, 0) is 43.9 Å². The number of benzene rings is 1. The summed E-state index contributed by atoms with van der Waals surface area (Å²) in [6, 6.07) is 4.34. The highest BCUT2D eigenvalue weighted by molar-refractivity contribution is 5.86. The van der Waals surface area contributed by atoms with Crippen molar-refractivity contribution in [3.8, 4) is 0 Å². The summed E-state index contributed by atoms with van der Waals surface area (Å²) in [5.41, 5.74) is 6.35. The largest absolute Gasteiger partial charge is 0.416 e. The van der Waals surface area contributed by atoms with E-state index in [9.17, 15) is 18.0 Å². The molecule has 0 unspecified atom stereocenters. The number of piperidine rings is 1. The number of aromatic nitrogens is 2. The minimum atomic E-state index is -4.39. The third-order valence-electron chi connectivity index (χ3n) is 6.08. The smallest absolute Gasteiger partial charge is 0.369 e. The van der Waals surface area contributed by atoms with Crippen molar-refractivity contribution in [2.24, 2.45) is 5.73 Å². The number of halogens is 3. The molecule has 3 heterocycles. The van der Waals surface area contributed by atoms with Crippen molar-refractivity contribution in [1.29, 1.82) is 0 Å². The zero-order chi connectivity index (χ0) is 22.2. The highest BCUT2D eigenvalue weighted by Crippen LogP contribution is 2.32. The molecule has 2 aromatic rings. The first kappa shape index (κ1) is 21.4. The molecule has 1 saturated heterocycles. The maximum Gasteiger partial charge on any atom is 0.416 e. The number of anilines is 2. The predicted molar refractivity (Wildman–Crippen MR) is 111 cm³/mol. The molecule has 0 spiro atoms. The molecule has 0 saturated carbocycles. The highest BCUT2D eigenvalue weighted by Gasteiger charge is 2.39. The lowest BCUT2D eigenvalue weighted by Gasteiger charge is -2.39. The van der Waals surface area contributed by atoms with E-state index < -0.39 is 23.3 Å². The second-order valence-corrected chi connectivity index (χ2v) is 8.16. The molecule has 166 valence electrons. The van der Waals surface area contributed by atoms with Gasteiger partial charge >= 0.3 is 6.18 Å². The van der Waals surface area contributed by atoms with E-state index >= 15 is 0 Å². The SMILES string of the molecule is C[C@H](NC(=O)C1(N)CCN(c2ncnc3c2CCN3)CC1)c1ccc(C(F)(F)F)cc1. The van der Waals surface area contributed by atoms with Gasteiger partial charge in [0.05, 0.1) is 17.1 Å². The number of rotatable bonds is 4.